The third-order valence-electron chi connectivity index (χ3n) is 3.08. The van der Waals surface area contributed by atoms with Crippen LogP contribution in [0.3, 0.4) is 0 Å². The molecule has 1 aromatic carbocycles. The second kappa shape index (κ2) is 4.96. The Bertz CT molecular complexity index is 388. The van der Waals surface area contributed by atoms with E-state index in [1.165, 1.54) is 18.4 Å². The summed E-state index contributed by atoms with van der Waals surface area (Å²) >= 11 is 0. The molecule has 94 valence electrons. The number of ether oxygens (including phenoxy) is 2. The van der Waals surface area contributed by atoms with Crippen molar-refractivity contribution in [2.24, 2.45) is 0 Å². The summed E-state index contributed by atoms with van der Waals surface area (Å²) in [5.74, 6) is 1.71. The Balaban J connectivity index is 1.95. The minimum atomic E-state index is 0.186. The molecule has 2 rings (SSSR count). The zero-order valence-corrected chi connectivity index (χ0v) is 10.9. The van der Waals surface area contributed by atoms with E-state index >= 15 is 0 Å². The van der Waals surface area contributed by atoms with Crippen LogP contribution >= 0.6 is 0 Å². The van der Waals surface area contributed by atoms with Gasteiger partial charge in [0.05, 0.1) is 0 Å². The van der Waals surface area contributed by atoms with Crippen LogP contribution < -0.4 is 14.8 Å². The zero-order chi connectivity index (χ0) is 12.3. The van der Waals surface area contributed by atoms with Crippen LogP contribution in [0.2, 0.25) is 0 Å². The van der Waals surface area contributed by atoms with Gasteiger partial charge in [0.1, 0.15) is 0 Å². The van der Waals surface area contributed by atoms with E-state index in [0.717, 1.165) is 18.0 Å². The van der Waals surface area contributed by atoms with E-state index in [0.29, 0.717) is 6.79 Å². The average Bonchev–Trinajstić information content (AvgIpc) is 2.73. The summed E-state index contributed by atoms with van der Waals surface area (Å²) < 4.78 is 10.7. The fraction of sp³-hybridized carbons (Fsp3) is 0.571. The first-order valence-corrected chi connectivity index (χ1v) is 6.24. The molecule has 0 amide bonds. The second-order valence-electron chi connectivity index (χ2n) is 5.18. The second-order valence-corrected chi connectivity index (χ2v) is 5.18. The highest BCUT2D eigenvalue weighted by molar-refractivity contribution is 5.44. The Morgan fingerprint density at radius 3 is 2.76 bits per heavy atom. The molecule has 0 atom stereocenters. The van der Waals surface area contributed by atoms with Crippen LogP contribution in [0.25, 0.3) is 0 Å². The Hall–Kier alpha value is -1.22. The van der Waals surface area contributed by atoms with Crippen LogP contribution in [0.15, 0.2) is 18.2 Å². The van der Waals surface area contributed by atoms with Crippen molar-refractivity contribution in [2.45, 2.75) is 45.7 Å². The maximum absolute atomic E-state index is 5.37. The summed E-state index contributed by atoms with van der Waals surface area (Å²) in [6, 6.07) is 6.12. The van der Waals surface area contributed by atoms with Gasteiger partial charge in [-0.3, -0.25) is 0 Å². The predicted octanol–water partition coefficient (Wildman–Crippen LogP) is 3.08. The molecule has 0 spiro atoms. The van der Waals surface area contributed by atoms with Crippen LogP contribution in [0.1, 0.15) is 39.2 Å². The van der Waals surface area contributed by atoms with Crippen molar-refractivity contribution < 1.29 is 9.47 Å². The molecular weight excluding hydrogens is 214 g/mol. The Labute approximate surface area is 103 Å². The highest BCUT2D eigenvalue weighted by Gasteiger charge is 2.17. The van der Waals surface area contributed by atoms with E-state index in [4.69, 9.17) is 9.47 Å². The number of rotatable bonds is 5. The number of fused-ring (bicyclic) bond motifs is 1. The van der Waals surface area contributed by atoms with Gasteiger partial charge in [-0.15, -0.1) is 0 Å². The Kier molecular flexibility index (Phi) is 3.57. The van der Waals surface area contributed by atoms with Gasteiger partial charge in [0.2, 0.25) is 6.79 Å². The first kappa shape index (κ1) is 12.2. The molecule has 0 fully saturated rings. The molecule has 0 saturated heterocycles. The van der Waals surface area contributed by atoms with E-state index < -0.39 is 0 Å². The fourth-order valence-corrected chi connectivity index (χ4v) is 2.11. The Morgan fingerprint density at radius 1 is 1.24 bits per heavy atom. The van der Waals surface area contributed by atoms with Crippen molar-refractivity contribution >= 4 is 0 Å². The third-order valence-corrected chi connectivity index (χ3v) is 3.08. The van der Waals surface area contributed by atoms with Crippen LogP contribution in [0.4, 0.5) is 0 Å². The maximum Gasteiger partial charge on any atom is 0.231 e. The van der Waals surface area contributed by atoms with E-state index in [9.17, 15) is 0 Å². The highest BCUT2D eigenvalue weighted by Crippen LogP contribution is 2.32. The van der Waals surface area contributed by atoms with Crippen molar-refractivity contribution in [3.63, 3.8) is 0 Å². The van der Waals surface area contributed by atoms with E-state index in [-0.39, 0.29) is 5.54 Å². The van der Waals surface area contributed by atoms with Gasteiger partial charge in [0.15, 0.2) is 11.5 Å². The molecule has 1 aliphatic rings. The summed E-state index contributed by atoms with van der Waals surface area (Å²) in [4.78, 5) is 0. The molecule has 1 heterocycles. The SMILES string of the molecule is CCCC(C)(C)NCc1ccc2c(c1)OCO2. The molecule has 17 heavy (non-hydrogen) atoms. The molecule has 0 aliphatic carbocycles. The molecule has 0 aromatic heterocycles. The number of nitrogens with one attached hydrogen (secondary N) is 1. The molecular formula is C14H21NO2. The predicted molar refractivity (Wildman–Crippen MR) is 68.4 cm³/mol. The first-order valence-electron chi connectivity index (χ1n) is 6.24. The molecule has 0 saturated carbocycles. The average molecular weight is 235 g/mol. The monoisotopic (exact) mass is 235 g/mol. The summed E-state index contributed by atoms with van der Waals surface area (Å²) in [6.45, 7) is 7.90. The Morgan fingerprint density at radius 2 is 2.00 bits per heavy atom. The van der Waals surface area contributed by atoms with Crippen LogP contribution in [-0.4, -0.2) is 12.3 Å². The summed E-state index contributed by atoms with van der Waals surface area (Å²) in [5.41, 5.74) is 1.42. The quantitative estimate of drug-likeness (QED) is 0.850. The first-order chi connectivity index (χ1) is 8.11. The molecule has 1 aliphatic heterocycles. The van der Waals surface area contributed by atoms with Crippen LogP contribution in [0.5, 0.6) is 11.5 Å². The van der Waals surface area contributed by atoms with Crippen molar-refractivity contribution in [3.05, 3.63) is 23.8 Å². The van der Waals surface area contributed by atoms with Crippen molar-refractivity contribution in [1.82, 2.24) is 5.32 Å². The molecule has 3 nitrogen and oxygen atoms in total. The van der Waals surface area contributed by atoms with Gasteiger partial charge in [-0.1, -0.05) is 19.4 Å². The maximum atomic E-state index is 5.37. The highest BCUT2D eigenvalue weighted by atomic mass is 16.7. The summed E-state index contributed by atoms with van der Waals surface area (Å²) in [5, 5.41) is 3.57. The standard InChI is InChI=1S/C14H21NO2/c1-4-7-14(2,3)15-9-11-5-6-12-13(8-11)17-10-16-12/h5-6,8,15H,4,7,9-10H2,1-3H3. The van der Waals surface area contributed by atoms with Crippen molar-refractivity contribution in [2.75, 3.05) is 6.79 Å². The lowest BCUT2D eigenvalue weighted by atomic mass is 9.98. The fourth-order valence-electron chi connectivity index (χ4n) is 2.11. The lowest BCUT2D eigenvalue weighted by Crippen LogP contribution is -2.38. The van der Waals surface area contributed by atoms with Crippen LogP contribution in [0, 0.1) is 0 Å². The largest absolute Gasteiger partial charge is 0.454 e. The molecule has 1 aromatic rings. The normalized spacial score (nSPS) is 14.1. The van der Waals surface area contributed by atoms with E-state index in [1.807, 2.05) is 6.07 Å². The third kappa shape index (κ3) is 3.13. The van der Waals surface area contributed by atoms with Crippen molar-refractivity contribution in [3.8, 4) is 11.5 Å². The van der Waals surface area contributed by atoms with Crippen LogP contribution in [-0.2, 0) is 6.54 Å². The van der Waals surface area contributed by atoms with Gasteiger partial charge >= 0.3 is 0 Å². The minimum Gasteiger partial charge on any atom is -0.454 e. The van der Waals surface area contributed by atoms with Crippen molar-refractivity contribution in [1.29, 1.82) is 0 Å². The molecule has 1 N–H and O–H groups in total. The lowest BCUT2D eigenvalue weighted by Gasteiger charge is -2.26. The zero-order valence-electron chi connectivity index (χ0n) is 10.9. The van der Waals surface area contributed by atoms with E-state index in [1.54, 1.807) is 0 Å². The van der Waals surface area contributed by atoms with Gasteiger partial charge < -0.3 is 14.8 Å². The molecule has 3 heteroatoms. The minimum absolute atomic E-state index is 0.186. The lowest BCUT2D eigenvalue weighted by molar-refractivity contribution is 0.174. The molecule has 0 radical (unpaired) electrons. The summed E-state index contributed by atoms with van der Waals surface area (Å²) in [7, 11) is 0. The van der Waals surface area contributed by atoms with Gasteiger partial charge in [0.25, 0.3) is 0 Å². The number of hydrogen-bond acceptors (Lipinski definition) is 3. The smallest absolute Gasteiger partial charge is 0.231 e. The molecule has 0 unspecified atom stereocenters. The topological polar surface area (TPSA) is 30.5 Å². The van der Waals surface area contributed by atoms with E-state index in [2.05, 4.69) is 38.2 Å². The number of hydrogen-bond donors (Lipinski definition) is 1. The number of benzene rings is 1. The van der Waals surface area contributed by atoms with Gasteiger partial charge in [-0.05, 0) is 38.0 Å². The summed E-state index contributed by atoms with van der Waals surface area (Å²) in [6.07, 6.45) is 2.37. The van der Waals surface area contributed by atoms with Gasteiger partial charge in [-0.25, -0.2) is 0 Å². The van der Waals surface area contributed by atoms with Gasteiger partial charge in [0, 0.05) is 12.1 Å². The molecule has 0 bridgehead atoms. The van der Waals surface area contributed by atoms with Gasteiger partial charge in [-0.2, -0.15) is 0 Å².